The Labute approximate surface area is 100 Å². The molecule has 0 atom stereocenters. The lowest BCUT2D eigenvalue weighted by molar-refractivity contribution is -0.137. The van der Waals surface area contributed by atoms with Crippen LogP contribution in [0.3, 0.4) is 0 Å². The van der Waals surface area contributed by atoms with Crippen LogP contribution in [0.4, 0.5) is 13.2 Å². The fraction of sp³-hybridized carbons (Fsp3) is 0.0909. The third-order valence-corrected chi connectivity index (χ3v) is 2.33. The topological polar surface area (TPSA) is 28.7 Å². The van der Waals surface area contributed by atoms with Gasteiger partial charge in [-0.25, -0.2) is 0 Å². The van der Waals surface area contributed by atoms with Crippen molar-refractivity contribution in [2.45, 2.75) is 6.18 Å². The van der Waals surface area contributed by atoms with E-state index < -0.39 is 11.7 Å². The van der Waals surface area contributed by atoms with E-state index in [9.17, 15) is 13.2 Å². The predicted octanol–water partition coefficient (Wildman–Crippen LogP) is 3.82. The van der Waals surface area contributed by atoms with Crippen LogP contribution in [0.2, 0.25) is 0 Å². The molecule has 2 aromatic rings. The molecule has 0 saturated heterocycles. The van der Waals surface area contributed by atoms with Crippen LogP contribution >= 0.6 is 12.2 Å². The summed E-state index contributed by atoms with van der Waals surface area (Å²) in [5.41, 5.74) is -0.1000. The van der Waals surface area contributed by atoms with Crippen LogP contribution in [-0.4, -0.2) is 9.97 Å². The van der Waals surface area contributed by atoms with Gasteiger partial charge in [0, 0.05) is 6.20 Å². The van der Waals surface area contributed by atoms with Crippen molar-refractivity contribution in [3.63, 3.8) is 0 Å². The summed E-state index contributed by atoms with van der Waals surface area (Å²) in [7, 11) is 0. The molecule has 2 aromatic heterocycles. The molecular formula is C11H7F3N2S. The van der Waals surface area contributed by atoms with E-state index in [0.717, 1.165) is 12.1 Å². The van der Waals surface area contributed by atoms with Gasteiger partial charge >= 0.3 is 6.18 Å². The maximum atomic E-state index is 12.6. The smallest absolute Gasteiger partial charge is 0.345 e. The standard InChI is InChI=1S/C11H7F3N2S/c12-11(13,14)7-5-9(16-10(17)6-7)8-3-1-2-4-15-8/h1-6H,(H,16,17). The zero-order chi connectivity index (χ0) is 12.5. The quantitative estimate of drug-likeness (QED) is 0.786. The monoisotopic (exact) mass is 256 g/mol. The van der Waals surface area contributed by atoms with E-state index in [-0.39, 0.29) is 10.3 Å². The second-order valence-corrected chi connectivity index (χ2v) is 3.80. The predicted molar refractivity (Wildman–Crippen MR) is 59.9 cm³/mol. The number of halogens is 3. The number of hydrogen-bond acceptors (Lipinski definition) is 2. The summed E-state index contributed by atoms with van der Waals surface area (Å²) in [4.78, 5) is 6.66. The highest BCUT2D eigenvalue weighted by atomic mass is 32.1. The molecule has 0 aliphatic rings. The molecule has 0 aromatic carbocycles. The first kappa shape index (κ1) is 11.8. The van der Waals surface area contributed by atoms with Crippen molar-refractivity contribution < 1.29 is 13.2 Å². The molecule has 0 spiro atoms. The summed E-state index contributed by atoms with van der Waals surface area (Å²) in [6, 6.07) is 6.88. The molecule has 0 saturated carbocycles. The minimum atomic E-state index is -4.41. The molecule has 0 amide bonds. The fourth-order valence-corrected chi connectivity index (χ4v) is 1.60. The number of pyridine rings is 2. The van der Waals surface area contributed by atoms with Gasteiger partial charge in [0.2, 0.25) is 0 Å². The van der Waals surface area contributed by atoms with Gasteiger partial charge in [0.05, 0.1) is 17.0 Å². The zero-order valence-electron chi connectivity index (χ0n) is 8.45. The normalized spacial score (nSPS) is 11.5. The molecule has 6 heteroatoms. The first-order valence-corrected chi connectivity index (χ1v) is 5.10. The Hall–Kier alpha value is -1.69. The molecule has 0 aliphatic carbocycles. The average Bonchev–Trinajstić information content (AvgIpc) is 2.28. The average molecular weight is 256 g/mol. The number of hydrogen-bond donors (Lipinski definition) is 1. The molecule has 88 valence electrons. The van der Waals surface area contributed by atoms with Gasteiger partial charge in [0.25, 0.3) is 0 Å². The number of H-pyrrole nitrogens is 1. The van der Waals surface area contributed by atoms with E-state index >= 15 is 0 Å². The first-order chi connectivity index (χ1) is 7.97. The summed E-state index contributed by atoms with van der Waals surface area (Å²) >= 11 is 4.77. The summed E-state index contributed by atoms with van der Waals surface area (Å²) in [6.07, 6.45) is -2.90. The third kappa shape index (κ3) is 2.71. The Morgan fingerprint density at radius 2 is 1.94 bits per heavy atom. The molecule has 1 N–H and O–H groups in total. The molecule has 2 nitrogen and oxygen atoms in total. The van der Waals surface area contributed by atoms with Crippen molar-refractivity contribution in [3.05, 3.63) is 46.7 Å². The lowest BCUT2D eigenvalue weighted by atomic mass is 10.2. The molecule has 2 heterocycles. The molecule has 0 unspecified atom stereocenters. The second kappa shape index (κ2) is 4.29. The minimum Gasteiger partial charge on any atom is -0.345 e. The van der Waals surface area contributed by atoms with Crippen LogP contribution < -0.4 is 0 Å². The van der Waals surface area contributed by atoms with Crippen molar-refractivity contribution >= 4 is 12.2 Å². The van der Waals surface area contributed by atoms with Gasteiger partial charge in [-0.15, -0.1) is 0 Å². The molecule has 2 rings (SSSR count). The van der Waals surface area contributed by atoms with Crippen LogP contribution in [0.25, 0.3) is 11.4 Å². The summed E-state index contributed by atoms with van der Waals surface area (Å²) in [6.45, 7) is 0. The zero-order valence-corrected chi connectivity index (χ0v) is 9.27. The summed E-state index contributed by atoms with van der Waals surface area (Å²) in [5, 5.41) is 0. The number of alkyl halides is 3. The van der Waals surface area contributed by atoms with Crippen LogP contribution in [0.5, 0.6) is 0 Å². The van der Waals surface area contributed by atoms with Gasteiger partial charge in [-0.05, 0) is 24.3 Å². The van der Waals surface area contributed by atoms with Crippen molar-refractivity contribution in [3.8, 4) is 11.4 Å². The molecule has 0 aliphatic heterocycles. The van der Waals surface area contributed by atoms with Crippen molar-refractivity contribution in [1.82, 2.24) is 9.97 Å². The van der Waals surface area contributed by atoms with Crippen molar-refractivity contribution in [1.29, 1.82) is 0 Å². The molecule has 17 heavy (non-hydrogen) atoms. The van der Waals surface area contributed by atoms with Crippen molar-refractivity contribution in [2.75, 3.05) is 0 Å². The Bertz CT molecular complexity index is 575. The van der Waals surface area contributed by atoms with Gasteiger partial charge in [0.1, 0.15) is 4.64 Å². The maximum Gasteiger partial charge on any atom is 0.416 e. The number of nitrogens with one attached hydrogen (secondary N) is 1. The van der Waals surface area contributed by atoms with E-state index in [0.29, 0.717) is 5.69 Å². The van der Waals surface area contributed by atoms with Gasteiger partial charge in [-0.3, -0.25) is 4.98 Å². The van der Waals surface area contributed by atoms with E-state index in [2.05, 4.69) is 9.97 Å². The summed E-state index contributed by atoms with van der Waals surface area (Å²) in [5.74, 6) is 0. The van der Waals surface area contributed by atoms with E-state index in [1.54, 1.807) is 18.2 Å². The van der Waals surface area contributed by atoms with Crippen molar-refractivity contribution in [2.24, 2.45) is 0 Å². The first-order valence-electron chi connectivity index (χ1n) is 4.70. The fourth-order valence-electron chi connectivity index (χ4n) is 1.37. The van der Waals surface area contributed by atoms with E-state index in [1.807, 2.05) is 0 Å². The Kier molecular flexibility index (Phi) is 2.97. The highest BCUT2D eigenvalue weighted by Crippen LogP contribution is 2.31. The van der Waals surface area contributed by atoms with E-state index in [1.165, 1.54) is 6.20 Å². The van der Waals surface area contributed by atoms with Gasteiger partial charge in [0.15, 0.2) is 0 Å². The van der Waals surface area contributed by atoms with E-state index in [4.69, 9.17) is 12.2 Å². The lowest BCUT2D eigenvalue weighted by Gasteiger charge is -2.08. The number of aromatic nitrogens is 2. The number of aromatic amines is 1. The molecule has 0 radical (unpaired) electrons. The van der Waals surface area contributed by atoms with Crippen LogP contribution in [-0.2, 0) is 6.18 Å². The minimum absolute atomic E-state index is 0.0282. The Balaban J connectivity index is 2.58. The largest absolute Gasteiger partial charge is 0.416 e. The molecule has 0 fully saturated rings. The van der Waals surface area contributed by atoms with Gasteiger partial charge in [-0.2, -0.15) is 13.2 Å². The highest BCUT2D eigenvalue weighted by molar-refractivity contribution is 7.71. The molecular weight excluding hydrogens is 249 g/mol. The number of rotatable bonds is 1. The maximum absolute atomic E-state index is 12.6. The Morgan fingerprint density at radius 1 is 1.18 bits per heavy atom. The SMILES string of the molecule is FC(F)(F)c1cc(-c2ccccn2)[nH]c(=S)c1. The van der Waals surface area contributed by atoms with Crippen LogP contribution in [0, 0.1) is 4.64 Å². The van der Waals surface area contributed by atoms with Gasteiger partial charge < -0.3 is 4.98 Å². The van der Waals surface area contributed by atoms with Gasteiger partial charge in [-0.1, -0.05) is 18.3 Å². The van der Waals surface area contributed by atoms with Crippen LogP contribution in [0.15, 0.2) is 36.5 Å². The third-order valence-electron chi connectivity index (χ3n) is 2.11. The summed E-state index contributed by atoms with van der Waals surface area (Å²) < 4.78 is 37.8. The second-order valence-electron chi connectivity index (χ2n) is 3.36. The number of nitrogens with zero attached hydrogens (tertiary/aromatic N) is 1. The lowest BCUT2D eigenvalue weighted by Crippen LogP contribution is -2.06. The van der Waals surface area contributed by atoms with Crippen LogP contribution in [0.1, 0.15) is 5.56 Å². The Morgan fingerprint density at radius 3 is 2.53 bits per heavy atom. The molecule has 0 bridgehead atoms. The highest BCUT2D eigenvalue weighted by Gasteiger charge is 2.31.